The fourth-order valence-corrected chi connectivity index (χ4v) is 2.01. The SMILES string of the molecule is CC(N)Cc1ccc(Oc2ccccc2F)cc1Cl. The van der Waals surface area contributed by atoms with Crippen molar-refractivity contribution in [2.24, 2.45) is 5.73 Å². The molecule has 0 saturated heterocycles. The third-order valence-corrected chi connectivity index (χ3v) is 2.98. The van der Waals surface area contributed by atoms with Gasteiger partial charge in [-0.2, -0.15) is 0 Å². The molecule has 0 radical (unpaired) electrons. The van der Waals surface area contributed by atoms with E-state index in [1.54, 1.807) is 30.3 Å². The maximum absolute atomic E-state index is 13.5. The van der Waals surface area contributed by atoms with Gasteiger partial charge in [0, 0.05) is 11.1 Å². The molecule has 0 fully saturated rings. The topological polar surface area (TPSA) is 35.2 Å². The van der Waals surface area contributed by atoms with E-state index >= 15 is 0 Å². The number of para-hydroxylation sites is 1. The Morgan fingerprint density at radius 1 is 1.26 bits per heavy atom. The van der Waals surface area contributed by atoms with E-state index < -0.39 is 5.82 Å². The summed E-state index contributed by atoms with van der Waals surface area (Å²) in [5.41, 5.74) is 6.69. The molecule has 2 rings (SSSR count). The van der Waals surface area contributed by atoms with Gasteiger partial charge >= 0.3 is 0 Å². The van der Waals surface area contributed by atoms with Gasteiger partial charge < -0.3 is 10.5 Å². The van der Waals surface area contributed by atoms with Crippen LogP contribution in [0, 0.1) is 5.82 Å². The summed E-state index contributed by atoms with van der Waals surface area (Å²) < 4.78 is 18.9. The molecule has 0 amide bonds. The minimum Gasteiger partial charge on any atom is -0.454 e. The number of benzene rings is 2. The zero-order valence-corrected chi connectivity index (χ0v) is 11.3. The van der Waals surface area contributed by atoms with Gasteiger partial charge in [-0.1, -0.05) is 29.8 Å². The lowest BCUT2D eigenvalue weighted by molar-refractivity contribution is 0.442. The summed E-state index contributed by atoms with van der Waals surface area (Å²) in [4.78, 5) is 0. The lowest BCUT2D eigenvalue weighted by Crippen LogP contribution is -2.17. The van der Waals surface area contributed by atoms with E-state index in [0.717, 1.165) is 5.56 Å². The molecular weight excluding hydrogens is 265 g/mol. The fraction of sp³-hybridized carbons (Fsp3) is 0.200. The van der Waals surface area contributed by atoms with Gasteiger partial charge in [0.05, 0.1) is 0 Å². The molecule has 100 valence electrons. The van der Waals surface area contributed by atoms with Gasteiger partial charge in [-0.05, 0) is 43.2 Å². The number of rotatable bonds is 4. The zero-order valence-electron chi connectivity index (χ0n) is 10.6. The molecule has 0 aromatic heterocycles. The van der Waals surface area contributed by atoms with Crippen LogP contribution in [0.1, 0.15) is 12.5 Å². The van der Waals surface area contributed by atoms with Crippen LogP contribution in [0.3, 0.4) is 0 Å². The van der Waals surface area contributed by atoms with Crippen molar-refractivity contribution in [3.8, 4) is 11.5 Å². The molecule has 0 saturated carbocycles. The summed E-state index contributed by atoms with van der Waals surface area (Å²) in [6.45, 7) is 1.92. The first-order valence-corrected chi connectivity index (χ1v) is 6.40. The van der Waals surface area contributed by atoms with E-state index in [4.69, 9.17) is 22.1 Å². The van der Waals surface area contributed by atoms with Crippen LogP contribution in [-0.4, -0.2) is 6.04 Å². The quantitative estimate of drug-likeness (QED) is 0.912. The van der Waals surface area contributed by atoms with Gasteiger partial charge in [-0.15, -0.1) is 0 Å². The average molecular weight is 280 g/mol. The maximum atomic E-state index is 13.5. The minimum absolute atomic E-state index is 0.0378. The molecule has 2 nitrogen and oxygen atoms in total. The van der Waals surface area contributed by atoms with Crippen molar-refractivity contribution < 1.29 is 9.13 Å². The first kappa shape index (κ1) is 13.8. The molecule has 0 spiro atoms. The number of ether oxygens (including phenoxy) is 1. The van der Waals surface area contributed by atoms with Gasteiger partial charge in [0.2, 0.25) is 0 Å². The van der Waals surface area contributed by atoms with Crippen molar-refractivity contribution in [3.63, 3.8) is 0 Å². The molecule has 2 aromatic carbocycles. The van der Waals surface area contributed by atoms with Crippen LogP contribution in [0.2, 0.25) is 5.02 Å². The van der Waals surface area contributed by atoms with Crippen molar-refractivity contribution in [1.82, 2.24) is 0 Å². The lowest BCUT2D eigenvalue weighted by atomic mass is 10.1. The summed E-state index contributed by atoms with van der Waals surface area (Å²) >= 11 is 6.15. The normalized spacial score (nSPS) is 12.2. The molecular formula is C15H15ClFNO. The largest absolute Gasteiger partial charge is 0.454 e. The highest BCUT2D eigenvalue weighted by atomic mass is 35.5. The highest BCUT2D eigenvalue weighted by Gasteiger charge is 2.07. The van der Waals surface area contributed by atoms with Gasteiger partial charge in [-0.3, -0.25) is 0 Å². The van der Waals surface area contributed by atoms with Gasteiger partial charge in [0.1, 0.15) is 5.75 Å². The molecule has 0 aliphatic carbocycles. The second-order valence-corrected chi connectivity index (χ2v) is 4.87. The van der Waals surface area contributed by atoms with Crippen molar-refractivity contribution in [2.75, 3.05) is 0 Å². The minimum atomic E-state index is -0.404. The molecule has 0 aliphatic rings. The van der Waals surface area contributed by atoms with Crippen LogP contribution in [-0.2, 0) is 6.42 Å². The number of halogens is 2. The second kappa shape index (κ2) is 6.04. The maximum Gasteiger partial charge on any atom is 0.165 e. The highest BCUT2D eigenvalue weighted by molar-refractivity contribution is 6.31. The third kappa shape index (κ3) is 3.69. The third-order valence-electron chi connectivity index (χ3n) is 2.63. The van der Waals surface area contributed by atoms with E-state index in [9.17, 15) is 4.39 Å². The Balaban J connectivity index is 2.19. The number of nitrogens with two attached hydrogens (primary N) is 1. The Labute approximate surface area is 117 Å². The standard InChI is InChI=1S/C15H15ClFNO/c1-10(18)8-11-6-7-12(9-13(11)16)19-15-5-3-2-4-14(15)17/h2-7,9-10H,8,18H2,1H3. The molecule has 0 aliphatic heterocycles. The Morgan fingerprint density at radius 3 is 2.63 bits per heavy atom. The van der Waals surface area contributed by atoms with Crippen LogP contribution in [0.5, 0.6) is 11.5 Å². The molecule has 1 atom stereocenters. The van der Waals surface area contributed by atoms with Gasteiger partial charge in [-0.25, -0.2) is 4.39 Å². The van der Waals surface area contributed by atoms with Crippen LogP contribution in [0.4, 0.5) is 4.39 Å². The summed E-state index contributed by atoms with van der Waals surface area (Å²) in [6, 6.07) is 11.6. The number of hydrogen-bond donors (Lipinski definition) is 1. The summed E-state index contributed by atoms with van der Waals surface area (Å²) in [5, 5.41) is 0.575. The first-order chi connectivity index (χ1) is 9.06. The summed E-state index contributed by atoms with van der Waals surface area (Å²) in [5.74, 6) is 0.278. The molecule has 4 heteroatoms. The van der Waals surface area contributed by atoms with Crippen molar-refractivity contribution in [1.29, 1.82) is 0 Å². The van der Waals surface area contributed by atoms with Gasteiger partial charge in [0.15, 0.2) is 11.6 Å². The zero-order chi connectivity index (χ0) is 13.8. The first-order valence-electron chi connectivity index (χ1n) is 6.02. The highest BCUT2D eigenvalue weighted by Crippen LogP contribution is 2.28. The second-order valence-electron chi connectivity index (χ2n) is 4.47. The lowest BCUT2D eigenvalue weighted by Gasteiger charge is -2.10. The Kier molecular flexibility index (Phi) is 4.40. The van der Waals surface area contributed by atoms with Crippen LogP contribution in [0.25, 0.3) is 0 Å². The Hall–Kier alpha value is -1.58. The van der Waals surface area contributed by atoms with E-state index in [2.05, 4.69) is 0 Å². The molecule has 1 unspecified atom stereocenters. The fourth-order valence-electron chi connectivity index (χ4n) is 1.76. The van der Waals surface area contributed by atoms with E-state index in [-0.39, 0.29) is 11.8 Å². The van der Waals surface area contributed by atoms with Crippen molar-refractivity contribution >= 4 is 11.6 Å². The van der Waals surface area contributed by atoms with E-state index in [1.165, 1.54) is 6.07 Å². The Morgan fingerprint density at radius 2 is 2.00 bits per heavy atom. The van der Waals surface area contributed by atoms with Crippen LogP contribution >= 0.6 is 11.6 Å². The Bertz CT molecular complexity index is 572. The average Bonchev–Trinajstić information content (AvgIpc) is 2.35. The monoisotopic (exact) mass is 279 g/mol. The van der Waals surface area contributed by atoms with Crippen LogP contribution < -0.4 is 10.5 Å². The summed E-state index contributed by atoms with van der Waals surface area (Å²) in [6.07, 6.45) is 0.693. The molecule has 2 N–H and O–H groups in total. The van der Waals surface area contributed by atoms with Crippen LogP contribution in [0.15, 0.2) is 42.5 Å². The molecule has 2 aromatic rings. The number of hydrogen-bond acceptors (Lipinski definition) is 2. The predicted octanol–water partition coefficient (Wildman–Crippen LogP) is 4.16. The van der Waals surface area contributed by atoms with Crippen molar-refractivity contribution in [2.45, 2.75) is 19.4 Å². The van der Waals surface area contributed by atoms with Crippen molar-refractivity contribution in [3.05, 3.63) is 58.9 Å². The molecule has 0 bridgehead atoms. The van der Waals surface area contributed by atoms with Gasteiger partial charge in [0.25, 0.3) is 0 Å². The smallest absolute Gasteiger partial charge is 0.165 e. The summed E-state index contributed by atoms with van der Waals surface area (Å²) in [7, 11) is 0. The van der Waals surface area contributed by atoms with E-state index in [1.807, 2.05) is 13.0 Å². The molecule has 19 heavy (non-hydrogen) atoms. The predicted molar refractivity (Wildman–Crippen MR) is 75.3 cm³/mol. The van der Waals surface area contributed by atoms with E-state index in [0.29, 0.717) is 17.2 Å². The molecule has 0 heterocycles.